The first-order valence-electron chi connectivity index (χ1n) is 8.85. The smallest absolute Gasteiger partial charge is 0.294 e. The van der Waals surface area contributed by atoms with Crippen LogP contribution in [0.3, 0.4) is 0 Å². The van der Waals surface area contributed by atoms with Gasteiger partial charge in [0.05, 0.1) is 11.6 Å². The van der Waals surface area contributed by atoms with Crippen molar-refractivity contribution in [2.45, 2.75) is 33.7 Å². The third kappa shape index (κ3) is 3.67. The van der Waals surface area contributed by atoms with E-state index in [0.717, 1.165) is 11.1 Å². The number of Topliss-reactive ketones (excluding diaryl/α,β-unsaturated/α-hetero) is 1. The van der Waals surface area contributed by atoms with Crippen molar-refractivity contribution in [3.05, 3.63) is 75.0 Å². The quantitative estimate of drug-likeness (QED) is 0.684. The minimum atomic E-state index is -0.770. The number of benzene rings is 2. The molecule has 3 rings (SSSR count). The van der Waals surface area contributed by atoms with E-state index in [1.54, 1.807) is 39.0 Å². The summed E-state index contributed by atoms with van der Waals surface area (Å²) in [6.07, 6.45) is 0. The van der Waals surface area contributed by atoms with E-state index in [0.29, 0.717) is 15.7 Å². The normalized spacial score (nSPS) is 17.4. The first-order chi connectivity index (χ1) is 13.0. The molecule has 1 heterocycles. The van der Waals surface area contributed by atoms with Crippen molar-refractivity contribution in [2.75, 3.05) is 4.90 Å². The highest BCUT2D eigenvalue weighted by molar-refractivity contribution is 6.35. The van der Waals surface area contributed by atoms with Crippen LogP contribution in [0.5, 0.6) is 0 Å². The van der Waals surface area contributed by atoms with E-state index in [-0.39, 0.29) is 11.4 Å². The Kier molecular flexibility index (Phi) is 5.30. The van der Waals surface area contributed by atoms with E-state index >= 15 is 0 Å². The number of halogens is 2. The van der Waals surface area contributed by atoms with Crippen molar-refractivity contribution in [3.8, 4) is 0 Å². The largest absolute Gasteiger partial charge is 0.503 e. The Hall–Kier alpha value is -2.30. The molecule has 2 aromatic carbocycles. The predicted octanol–water partition coefficient (Wildman–Crippen LogP) is 5.82. The van der Waals surface area contributed by atoms with Gasteiger partial charge in [-0.1, -0.05) is 73.8 Å². The number of ketones is 1. The van der Waals surface area contributed by atoms with Gasteiger partial charge in [0.1, 0.15) is 0 Å². The van der Waals surface area contributed by atoms with Crippen LogP contribution >= 0.6 is 23.2 Å². The lowest BCUT2D eigenvalue weighted by atomic mass is 9.82. The molecule has 4 nitrogen and oxygen atoms in total. The Morgan fingerprint density at radius 1 is 1.07 bits per heavy atom. The van der Waals surface area contributed by atoms with Crippen molar-refractivity contribution >= 4 is 40.6 Å². The number of aryl methyl sites for hydroxylation is 1. The van der Waals surface area contributed by atoms with Gasteiger partial charge in [0, 0.05) is 21.1 Å². The molecule has 6 heteroatoms. The Morgan fingerprint density at radius 3 is 2.21 bits per heavy atom. The standard InChI is InChI=1S/C22H21Cl2NO3/c1-12-6-5-7-13(8-12)18-17(20(27)22(2,3)4)19(26)21(28)25(18)16-10-14(23)9-15(24)11-16/h5-11,18,26H,1-4H3. The first-order valence-corrected chi connectivity index (χ1v) is 9.60. The van der Waals surface area contributed by atoms with Gasteiger partial charge in [-0.05, 0) is 30.7 Å². The van der Waals surface area contributed by atoms with Crippen LogP contribution in [0.25, 0.3) is 0 Å². The Balaban J connectivity index is 2.25. The molecule has 1 N–H and O–H groups in total. The number of carbonyl (C=O) groups excluding carboxylic acids is 2. The van der Waals surface area contributed by atoms with E-state index in [1.807, 2.05) is 31.2 Å². The fraction of sp³-hybridized carbons (Fsp3) is 0.273. The van der Waals surface area contributed by atoms with Crippen LogP contribution in [-0.4, -0.2) is 16.8 Å². The van der Waals surface area contributed by atoms with Crippen LogP contribution in [0.1, 0.15) is 37.9 Å². The molecule has 1 amide bonds. The third-order valence-electron chi connectivity index (χ3n) is 4.62. The molecule has 1 atom stereocenters. The minimum absolute atomic E-state index is 0.0826. The van der Waals surface area contributed by atoms with Crippen molar-refractivity contribution in [1.82, 2.24) is 0 Å². The summed E-state index contributed by atoms with van der Waals surface area (Å²) in [7, 11) is 0. The third-order valence-corrected chi connectivity index (χ3v) is 5.05. The highest BCUT2D eigenvalue weighted by Gasteiger charge is 2.46. The van der Waals surface area contributed by atoms with Gasteiger partial charge in [-0.2, -0.15) is 0 Å². The second-order valence-electron chi connectivity index (χ2n) is 7.96. The van der Waals surface area contributed by atoms with Gasteiger partial charge in [-0.3, -0.25) is 14.5 Å². The van der Waals surface area contributed by atoms with Gasteiger partial charge < -0.3 is 5.11 Å². The molecule has 28 heavy (non-hydrogen) atoms. The lowest BCUT2D eigenvalue weighted by molar-refractivity contribution is -0.123. The molecule has 146 valence electrons. The molecule has 1 aliphatic rings. The van der Waals surface area contributed by atoms with E-state index in [2.05, 4.69) is 0 Å². The second-order valence-corrected chi connectivity index (χ2v) is 8.83. The molecule has 0 spiro atoms. The SMILES string of the molecule is Cc1cccc(C2C(C(=O)C(C)(C)C)=C(O)C(=O)N2c2cc(Cl)cc(Cl)c2)c1. The highest BCUT2D eigenvalue weighted by Crippen LogP contribution is 2.44. The number of rotatable bonds is 3. The number of hydrogen-bond acceptors (Lipinski definition) is 3. The molecule has 1 unspecified atom stereocenters. The van der Waals surface area contributed by atoms with Crippen LogP contribution in [-0.2, 0) is 9.59 Å². The molecule has 1 aliphatic heterocycles. The Labute approximate surface area is 174 Å². The molecule has 0 radical (unpaired) electrons. The molecule has 0 saturated heterocycles. The second kappa shape index (κ2) is 7.26. The van der Waals surface area contributed by atoms with E-state index in [4.69, 9.17) is 23.2 Å². The van der Waals surface area contributed by atoms with Crippen LogP contribution in [0.4, 0.5) is 5.69 Å². The van der Waals surface area contributed by atoms with Crippen molar-refractivity contribution < 1.29 is 14.7 Å². The molecule has 0 bridgehead atoms. The van der Waals surface area contributed by atoms with Gasteiger partial charge in [0.15, 0.2) is 11.5 Å². The van der Waals surface area contributed by atoms with E-state index < -0.39 is 23.1 Å². The van der Waals surface area contributed by atoms with Gasteiger partial charge in [0.25, 0.3) is 5.91 Å². The average Bonchev–Trinajstić information content (AvgIpc) is 2.84. The zero-order chi connectivity index (χ0) is 20.8. The summed E-state index contributed by atoms with van der Waals surface area (Å²) in [6, 6.07) is 11.5. The monoisotopic (exact) mass is 417 g/mol. The minimum Gasteiger partial charge on any atom is -0.503 e. The molecule has 0 aromatic heterocycles. The summed E-state index contributed by atoms with van der Waals surface area (Å²) in [6.45, 7) is 7.20. The lowest BCUT2D eigenvalue weighted by Crippen LogP contribution is -2.32. The number of aliphatic hydroxyl groups is 1. The molecule has 0 saturated carbocycles. The van der Waals surface area contributed by atoms with E-state index in [9.17, 15) is 14.7 Å². The fourth-order valence-corrected chi connectivity index (χ4v) is 3.86. The Bertz CT molecular complexity index is 985. The maximum atomic E-state index is 13.2. The van der Waals surface area contributed by atoms with Gasteiger partial charge >= 0.3 is 0 Å². The maximum Gasteiger partial charge on any atom is 0.294 e. The van der Waals surface area contributed by atoms with Gasteiger partial charge in [0.2, 0.25) is 0 Å². The fourth-order valence-electron chi connectivity index (χ4n) is 3.34. The first kappa shape index (κ1) is 20.4. The zero-order valence-electron chi connectivity index (χ0n) is 16.1. The summed E-state index contributed by atoms with van der Waals surface area (Å²) in [5.41, 5.74) is 1.42. The summed E-state index contributed by atoms with van der Waals surface area (Å²) < 4.78 is 0. The van der Waals surface area contributed by atoms with Crippen LogP contribution < -0.4 is 4.90 Å². The number of aliphatic hydroxyl groups excluding tert-OH is 1. The predicted molar refractivity (Wildman–Crippen MR) is 112 cm³/mol. The lowest BCUT2D eigenvalue weighted by Gasteiger charge is -2.29. The van der Waals surface area contributed by atoms with Gasteiger partial charge in [-0.15, -0.1) is 0 Å². The number of carbonyl (C=O) groups is 2. The average molecular weight is 418 g/mol. The molecular weight excluding hydrogens is 397 g/mol. The molecular formula is C22H21Cl2NO3. The van der Waals surface area contributed by atoms with Crippen molar-refractivity contribution in [2.24, 2.45) is 5.41 Å². The maximum absolute atomic E-state index is 13.2. The number of amides is 1. The van der Waals surface area contributed by atoms with Crippen LogP contribution in [0.15, 0.2) is 53.8 Å². The number of hydrogen-bond donors (Lipinski definition) is 1. The van der Waals surface area contributed by atoms with E-state index in [1.165, 1.54) is 4.90 Å². The number of nitrogens with zero attached hydrogens (tertiary/aromatic N) is 1. The molecule has 0 aliphatic carbocycles. The molecule has 0 fully saturated rings. The molecule has 2 aromatic rings. The Morgan fingerprint density at radius 2 is 1.68 bits per heavy atom. The summed E-state index contributed by atoms with van der Waals surface area (Å²) in [5, 5.41) is 11.4. The zero-order valence-corrected chi connectivity index (χ0v) is 17.6. The topological polar surface area (TPSA) is 57.6 Å². The highest BCUT2D eigenvalue weighted by atomic mass is 35.5. The number of anilines is 1. The van der Waals surface area contributed by atoms with Crippen molar-refractivity contribution in [1.29, 1.82) is 0 Å². The van der Waals surface area contributed by atoms with Crippen LogP contribution in [0.2, 0.25) is 10.0 Å². The van der Waals surface area contributed by atoms with Crippen LogP contribution in [0, 0.1) is 12.3 Å². The summed E-state index contributed by atoms with van der Waals surface area (Å²) >= 11 is 12.3. The summed E-state index contributed by atoms with van der Waals surface area (Å²) in [5.74, 6) is -1.49. The van der Waals surface area contributed by atoms with Gasteiger partial charge in [-0.25, -0.2) is 0 Å². The summed E-state index contributed by atoms with van der Waals surface area (Å²) in [4.78, 5) is 27.5. The van der Waals surface area contributed by atoms with Crippen molar-refractivity contribution in [3.63, 3.8) is 0 Å².